The molecule has 72 heavy (non-hydrogen) atoms. The van der Waals surface area contributed by atoms with Crippen molar-refractivity contribution in [1.82, 2.24) is 0 Å². The monoisotopic (exact) mass is 1020 g/mol. The van der Waals surface area contributed by atoms with E-state index in [1.54, 1.807) is 0 Å². The van der Waals surface area contributed by atoms with Crippen molar-refractivity contribution >= 4 is 11.9 Å². The molecule has 2 saturated heterocycles. The second-order valence-electron chi connectivity index (χ2n) is 19.4. The molecule has 0 aliphatic carbocycles. The van der Waals surface area contributed by atoms with E-state index in [2.05, 4.69) is 74.6 Å². The van der Waals surface area contributed by atoms with E-state index in [0.717, 1.165) is 96.3 Å². The van der Waals surface area contributed by atoms with Gasteiger partial charge in [0.15, 0.2) is 18.7 Å². The van der Waals surface area contributed by atoms with Crippen LogP contribution in [-0.4, -0.2) is 142 Å². The molecule has 0 aromatic rings. The van der Waals surface area contributed by atoms with Crippen LogP contribution in [-0.2, 0) is 38.0 Å². The number of aliphatic hydroxyl groups excluding tert-OH is 7. The van der Waals surface area contributed by atoms with Gasteiger partial charge >= 0.3 is 11.9 Å². The van der Waals surface area contributed by atoms with E-state index in [1.807, 2.05) is 0 Å². The number of carbonyl (C=O) groups excluding carboxylic acids is 2. The van der Waals surface area contributed by atoms with Crippen LogP contribution in [0.5, 0.6) is 0 Å². The Hall–Kier alpha value is -2.80. The minimum Gasteiger partial charge on any atom is -0.462 e. The number of aliphatic hydroxyl groups is 7. The van der Waals surface area contributed by atoms with E-state index >= 15 is 0 Å². The molecule has 0 amide bonds. The zero-order chi connectivity index (χ0) is 52.4. The molecule has 15 nitrogen and oxygen atoms in total. The van der Waals surface area contributed by atoms with Crippen LogP contribution >= 0.6 is 0 Å². The molecule has 2 heterocycles. The third-order valence-electron chi connectivity index (χ3n) is 13.0. The van der Waals surface area contributed by atoms with Crippen molar-refractivity contribution in [3.8, 4) is 0 Å². The van der Waals surface area contributed by atoms with Gasteiger partial charge < -0.3 is 64.2 Å². The first-order chi connectivity index (χ1) is 35.0. The van der Waals surface area contributed by atoms with E-state index in [-0.39, 0.29) is 26.1 Å². The fourth-order valence-electron chi connectivity index (χ4n) is 8.44. The van der Waals surface area contributed by atoms with Gasteiger partial charge in [-0.2, -0.15) is 0 Å². The standard InChI is InChI=1S/C57H98O15/c1-3-5-7-9-11-13-15-17-19-21-22-24-25-27-29-31-33-35-37-39-48(59)67-42-45(70-49(60)40-38-36-34-32-30-28-26-23-20-18-16-14-12-10-8-6-4-2)43-68-56-55(66)53(64)51(62)47(72-56)44-69-57-54(65)52(63)50(61)46(41-58)71-57/h6,8,11-14,17-20,45-47,50-58,61-66H,3-5,7,9-10,15-16,21-44H2,1-2H3/b8-6-,13-11-,14-12-,19-17-,20-18-. The second kappa shape index (κ2) is 43.4. The number of unbranched alkanes of at least 4 members (excludes halogenated alkanes) is 19. The predicted molar refractivity (Wildman–Crippen MR) is 280 cm³/mol. The average Bonchev–Trinajstić information content (AvgIpc) is 3.37. The van der Waals surface area contributed by atoms with Gasteiger partial charge in [0, 0.05) is 12.8 Å². The molecule has 0 radical (unpaired) electrons. The first-order valence-electron chi connectivity index (χ1n) is 27.9. The molecular weight excluding hydrogens is 925 g/mol. The Morgan fingerprint density at radius 1 is 0.458 bits per heavy atom. The Bertz CT molecular complexity index is 1480. The Kier molecular flexibility index (Phi) is 39.4. The van der Waals surface area contributed by atoms with Gasteiger partial charge in [-0.15, -0.1) is 0 Å². The predicted octanol–water partition coefficient (Wildman–Crippen LogP) is 8.83. The molecule has 11 unspecified atom stereocenters. The summed E-state index contributed by atoms with van der Waals surface area (Å²) in [5.41, 5.74) is 0. The highest BCUT2D eigenvalue weighted by atomic mass is 16.7. The smallest absolute Gasteiger partial charge is 0.306 e. The molecule has 2 aliphatic heterocycles. The molecule has 0 aromatic carbocycles. The number of hydrogen-bond acceptors (Lipinski definition) is 15. The Morgan fingerprint density at radius 2 is 0.875 bits per heavy atom. The van der Waals surface area contributed by atoms with Gasteiger partial charge in [-0.1, -0.05) is 164 Å². The summed E-state index contributed by atoms with van der Waals surface area (Å²) < 4.78 is 33.6. The van der Waals surface area contributed by atoms with Crippen molar-refractivity contribution in [2.45, 2.75) is 261 Å². The number of rotatable bonds is 43. The van der Waals surface area contributed by atoms with Crippen LogP contribution in [0.1, 0.15) is 194 Å². The van der Waals surface area contributed by atoms with E-state index in [1.165, 1.54) is 57.8 Å². The lowest BCUT2D eigenvalue weighted by Crippen LogP contribution is -2.61. The fourth-order valence-corrected chi connectivity index (χ4v) is 8.44. The van der Waals surface area contributed by atoms with Crippen molar-refractivity contribution in [1.29, 1.82) is 0 Å². The summed E-state index contributed by atoms with van der Waals surface area (Å²) in [6, 6.07) is 0. The van der Waals surface area contributed by atoms with Crippen LogP contribution in [0, 0.1) is 0 Å². The van der Waals surface area contributed by atoms with Crippen molar-refractivity contribution in [2.24, 2.45) is 0 Å². The number of allylic oxidation sites excluding steroid dienone is 10. The molecule has 2 rings (SSSR count). The minimum absolute atomic E-state index is 0.151. The highest BCUT2D eigenvalue weighted by molar-refractivity contribution is 5.70. The average molecular weight is 1020 g/mol. The highest BCUT2D eigenvalue weighted by Crippen LogP contribution is 2.26. The van der Waals surface area contributed by atoms with Crippen LogP contribution in [0.2, 0.25) is 0 Å². The lowest BCUT2D eigenvalue weighted by molar-refractivity contribution is -0.332. The molecule has 0 saturated carbocycles. The lowest BCUT2D eigenvalue weighted by Gasteiger charge is -2.42. The maximum Gasteiger partial charge on any atom is 0.306 e. The van der Waals surface area contributed by atoms with Gasteiger partial charge in [0.05, 0.1) is 19.8 Å². The van der Waals surface area contributed by atoms with E-state index in [0.29, 0.717) is 12.8 Å². The Morgan fingerprint density at radius 3 is 1.38 bits per heavy atom. The number of ether oxygens (including phenoxy) is 6. The molecule has 0 spiro atoms. The van der Waals surface area contributed by atoms with Crippen molar-refractivity contribution in [2.75, 3.05) is 26.4 Å². The summed E-state index contributed by atoms with van der Waals surface area (Å²) in [7, 11) is 0. The van der Waals surface area contributed by atoms with Crippen LogP contribution in [0.25, 0.3) is 0 Å². The molecule has 0 bridgehead atoms. The molecule has 416 valence electrons. The second-order valence-corrected chi connectivity index (χ2v) is 19.4. The summed E-state index contributed by atoms with van der Waals surface area (Å²) in [5.74, 6) is -0.941. The van der Waals surface area contributed by atoms with Gasteiger partial charge in [-0.05, 0) is 77.0 Å². The zero-order valence-electron chi connectivity index (χ0n) is 44.1. The molecule has 15 heteroatoms. The lowest BCUT2D eigenvalue weighted by atomic mass is 9.98. The fraction of sp³-hybridized carbons (Fsp3) is 0.789. The van der Waals surface area contributed by atoms with Gasteiger partial charge in [0.25, 0.3) is 0 Å². The van der Waals surface area contributed by atoms with Gasteiger partial charge in [-0.25, -0.2) is 0 Å². The van der Waals surface area contributed by atoms with Crippen molar-refractivity contribution < 1.29 is 73.8 Å². The third kappa shape index (κ3) is 30.5. The highest BCUT2D eigenvalue weighted by Gasteiger charge is 2.47. The largest absolute Gasteiger partial charge is 0.462 e. The zero-order valence-corrected chi connectivity index (χ0v) is 44.1. The maximum atomic E-state index is 13.0. The number of esters is 2. The Balaban J connectivity index is 1.78. The van der Waals surface area contributed by atoms with Gasteiger partial charge in [0.2, 0.25) is 0 Å². The molecule has 2 fully saturated rings. The van der Waals surface area contributed by atoms with Crippen molar-refractivity contribution in [3.05, 3.63) is 60.8 Å². The SMILES string of the molecule is CC/C=C\C/C=C\C/C=C\CCCCCCCCCC(=O)OC(COC(=O)CCCCCCCCCCC/C=C\C/C=C\CCCCC)COC1OC(COC2OC(CO)C(O)C(O)C2O)C(O)C(O)C1O. The van der Waals surface area contributed by atoms with Gasteiger partial charge in [0.1, 0.15) is 55.4 Å². The molecule has 0 aromatic heterocycles. The number of carbonyl (C=O) groups is 2. The summed E-state index contributed by atoms with van der Waals surface area (Å²) in [4.78, 5) is 25.9. The molecule has 2 aliphatic rings. The van der Waals surface area contributed by atoms with E-state index in [9.17, 15) is 45.3 Å². The Labute approximate surface area is 432 Å². The summed E-state index contributed by atoms with van der Waals surface area (Å²) in [5, 5.41) is 72.2. The summed E-state index contributed by atoms with van der Waals surface area (Å²) in [6.45, 7) is 2.45. The summed E-state index contributed by atoms with van der Waals surface area (Å²) >= 11 is 0. The van der Waals surface area contributed by atoms with Crippen LogP contribution in [0.15, 0.2) is 60.8 Å². The van der Waals surface area contributed by atoms with E-state index < -0.39 is 92.7 Å². The van der Waals surface area contributed by atoms with Gasteiger partial charge in [-0.3, -0.25) is 9.59 Å². The molecule has 7 N–H and O–H groups in total. The summed E-state index contributed by atoms with van der Waals surface area (Å²) in [6.07, 6.45) is 33.8. The van der Waals surface area contributed by atoms with Crippen molar-refractivity contribution in [3.63, 3.8) is 0 Å². The third-order valence-corrected chi connectivity index (χ3v) is 13.0. The topological polar surface area (TPSA) is 231 Å². The first kappa shape index (κ1) is 65.3. The molecule has 11 atom stereocenters. The minimum atomic E-state index is -1.77. The first-order valence-corrected chi connectivity index (χ1v) is 27.9. The number of hydrogen-bond donors (Lipinski definition) is 7. The van der Waals surface area contributed by atoms with E-state index in [4.69, 9.17) is 28.4 Å². The van der Waals surface area contributed by atoms with Crippen LogP contribution < -0.4 is 0 Å². The molecular formula is C57H98O15. The van der Waals surface area contributed by atoms with Crippen LogP contribution in [0.4, 0.5) is 0 Å². The quantitative estimate of drug-likeness (QED) is 0.0172. The van der Waals surface area contributed by atoms with Crippen LogP contribution in [0.3, 0.4) is 0 Å². The normalized spacial score (nSPS) is 25.5. The maximum absolute atomic E-state index is 13.0.